The molecule has 10 heteroatoms. The van der Waals surface area contributed by atoms with Crippen LogP contribution in [0, 0.1) is 0 Å². The van der Waals surface area contributed by atoms with E-state index < -0.39 is 33.8 Å². The van der Waals surface area contributed by atoms with E-state index in [1.807, 2.05) is 4.72 Å². The largest absolute Gasteiger partial charge is 0.479 e. The highest BCUT2D eigenvalue weighted by atomic mass is 32.2. The number of aliphatic carboxylic acids is 1. The van der Waals surface area contributed by atoms with Crippen LogP contribution < -0.4 is 4.72 Å². The normalized spacial score (nSPS) is 13.9. The van der Waals surface area contributed by atoms with Gasteiger partial charge in [-0.3, -0.25) is 0 Å². The summed E-state index contributed by atoms with van der Waals surface area (Å²) in [7, 11) is -4.07. The molecule has 0 aliphatic heterocycles. The molecule has 0 heterocycles. The molecule has 0 spiro atoms. The van der Waals surface area contributed by atoms with Gasteiger partial charge in [-0.05, 0) is 30.7 Å². The number of nitrogens with one attached hydrogen (secondary N) is 1. The molecule has 118 valence electrons. The molecule has 0 bridgehead atoms. The van der Waals surface area contributed by atoms with Crippen LogP contribution >= 0.6 is 0 Å². The zero-order chi connectivity index (χ0) is 16.3. The number of carboxylic acid groups (broad SMARTS) is 1. The lowest BCUT2D eigenvalue weighted by Gasteiger charge is -2.10. The van der Waals surface area contributed by atoms with Gasteiger partial charge in [0.05, 0.1) is 10.5 Å². The van der Waals surface area contributed by atoms with Crippen molar-refractivity contribution in [2.75, 3.05) is 6.54 Å². The van der Waals surface area contributed by atoms with Crippen molar-refractivity contribution in [3.05, 3.63) is 29.8 Å². The second-order valence-corrected chi connectivity index (χ2v) is 5.83. The number of hydrogen-bond acceptors (Lipinski definition) is 4. The summed E-state index contributed by atoms with van der Waals surface area (Å²) in [6.45, 7) is -0.364. The van der Waals surface area contributed by atoms with Gasteiger partial charge in [0.1, 0.15) is 0 Å². The summed E-state index contributed by atoms with van der Waals surface area (Å²) in [4.78, 5) is 9.93. The maximum absolute atomic E-state index is 12.3. The van der Waals surface area contributed by atoms with E-state index in [0.29, 0.717) is 12.1 Å². The predicted molar refractivity (Wildman–Crippen MR) is 64.9 cm³/mol. The number of rotatable bonds is 6. The van der Waals surface area contributed by atoms with Crippen molar-refractivity contribution in [3.63, 3.8) is 0 Å². The minimum atomic E-state index is -4.57. The Kier molecular flexibility index (Phi) is 5.31. The Hall–Kier alpha value is -1.65. The van der Waals surface area contributed by atoms with Crippen LogP contribution in [-0.4, -0.2) is 37.2 Å². The van der Waals surface area contributed by atoms with E-state index in [9.17, 15) is 26.4 Å². The number of aliphatic hydroxyl groups excluding tert-OH is 1. The third-order valence-electron chi connectivity index (χ3n) is 2.49. The zero-order valence-electron chi connectivity index (χ0n) is 10.5. The molecule has 0 aliphatic carbocycles. The maximum Gasteiger partial charge on any atom is 0.416 e. The van der Waals surface area contributed by atoms with Crippen molar-refractivity contribution in [2.24, 2.45) is 0 Å². The van der Waals surface area contributed by atoms with Crippen molar-refractivity contribution in [1.82, 2.24) is 4.72 Å². The SMILES string of the molecule is O=C(O)C(O)CCNS(=O)(=O)c1ccc(C(F)(F)F)cc1. The Labute approximate surface area is 118 Å². The topological polar surface area (TPSA) is 104 Å². The molecule has 0 saturated heterocycles. The lowest BCUT2D eigenvalue weighted by molar-refractivity contribution is -0.146. The van der Waals surface area contributed by atoms with E-state index in [-0.39, 0.29) is 17.9 Å². The fraction of sp³-hybridized carbons (Fsp3) is 0.364. The molecule has 1 unspecified atom stereocenters. The van der Waals surface area contributed by atoms with Crippen LogP contribution in [0.2, 0.25) is 0 Å². The van der Waals surface area contributed by atoms with Gasteiger partial charge in [-0.2, -0.15) is 13.2 Å². The number of carbonyl (C=O) groups is 1. The van der Waals surface area contributed by atoms with E-state index in [1.54, 1.807) is 0 Å². The molecular formula is C11H12F3NO5S. The van der Waals surface area contributed by atoms with Crippen molar-refractivity contribution < 1.29 is 36.6 Å². The molecule has 1 rings (SSSR count). The van der Waals surface area contributed by atoms with Gasteiger partial charge in [0.2, 0.25) is 10.0 Å². The first-order chi connectivity index (χ1) is 9.54. The first-order valence-corrected chi connectivity index (χ1v) is 7.10. The number of benzene rings is 1. The Morgan fingerprint density at radius 3 is 2.19 bits per heavy atom. The Balaban J connectivity index is 2.73. The number of halogens is 3. The van der Waals surface area contributed by atoms with Crippen LogP contribution in [0.3, 0.4) is 0 Å². The first kappa shape index (κ1) is 17.4. The summed E-state index contributed by atoms with van der Waals surface area (Å²) in [5.74, 6) is -1.50. The first-order valence-electron chi connectivity index (χ1n) is 5.62. The van der Waals surface area contributed by atoms with E-state index >= 15 is 0 Å². The molecule has 21 heavy (non-hydrogen) atoms. The molecule has 0 amide bonds. The van der Waals surface area contributed by atoms with Crippen LogP contribution in [0.1, 0.15) is 12.0 Å². The standard InChI is InChI=1S/C11H12F3NO5S/c12-11(13,14)7-1-3-8(4-2-7)21(19,20)15-6-5-9(16)10(17)18/h1-4,9,15-16H,5-6H2,(H,17,18). The average molecular weight is 327 g/mol. The van der Waals surface area contributed by atoms with Gasteiger partial charge >= 0.3 is 12.1 Å². The van der Waals surface area contributed by atoms with Crippen LogP contribution in [0.5, 0.6) is 0 Å². The number of aliphatic hydroxyl groups is 1. The minimum Gasteiger partial charge on any atom is -0.479 e. The smallest absolute Gasteiger partial charge is 0.416 e. The van der Waals surface area contributed by atoms with Crippen LogP contribution in [0.4, 0.5) is 13.2 Å². The highest BCUT2D eigenvalue weighted by Crippen LogP contribution is 2.29. The summed E-state index contributed by atoms with van der Waals surface area (Å²) >= 11 is 0. The van der Waals surface area contributed by atoms with E-state index in [0.717, 1.165) is 12.1 Å². The van der Waals surface area contributed by atoms with Crippen molar-refractivity contribution in [2.45, 2.75) is 23.6 Å². The predicted octanol–water partition coefficient (Wildman–Crippen LogP) is 0.819. The third-order valence-corrected chi connectivity index (χ3v) is 3.96. The number of alkyl halides is 3. The molecule has 0 aliphatic rings. The van der Waals surface area contributed by atoms with E-state index in [2.05, 4.69) is 0 Å². The maximum atomic E-state index is 12.3. The van der Waals surface area contributed by atoms with Crippen LogP contribution in [0.15, 0.2) is 29.2 Å². The minimum absolute atomic E-state index is 0.364. The number of carboxylic acids is 1. The van der Waals surface area contributed by atoms with E-state index in [1.165, 1.54) is 0 Å². The lowest BCUT2D eigenvalue weighted by Crippen LogP contribution is -2.30. The Bertz CT molecular complexity index is 597. The highest BCUT2D eigenvalue weighted by molar-refractivity contribution is 7.89. The lowest BCUT2D eigenvalue weighted by atomic mass is 10.2. The summed E-state index contributed by atoms with van der Waals surface area (Å²) < 4.78 is 62.4. The monoisotopic (exact) mass is 327 g/mol. The van der Waals surface area contributed by atoms with Gasteiger partial charge < -0.3 is 10.2 Å². The number of sulfonamides is 1. The number of hydrogen-bond donors (Lipinski definition) is 3. The Morgan fingerprint density at radius 2 is 1.76 bits per heavy atom. The molecule has 1 aromatic rings. The fourth-order valence-corrected chi connectivity index (χ4v) is 2.41. The molecule has 0 aromatic heterocycles. The molecule has 1 atom stereocenters. The summed E-state index contributed by atoms with van der Waals surface area (Å²) in [5.41, 5.74) is -0.984. The second kappa shape index (κ2) is 6.41. The van der Waals surface area contributed by atoms with Gasteiger partial charge in [0.25, 0.3) is 0 Å². The van der Waals surface area contributed by atoms with Crippen molar-refractivity contribution in [1.29, 1.82) is 0 Å². The van der Waals surface area contributed by atoms with E-state index in [4.69, 9.17) is 10.2 Å². The molecule has 0 fully saturated rings. The quantitative estimate of drug-likeness (QED) is 0.718. The molecule has 6 nitrogen and oxygen atoms in total. The summed E-state index contributed by atoms with van der Waals surface area (Å²) in [5, 5.41) is 17.4. The highest BCUT2D eigenvalue weighted by Gasteiger charge is 2.30. The fourth-order valence-electron chi connectivity index (χ4n) is 1.36. The molecular weight excluding hydrogens is 315 g/mol. The zero-order valence-corrected chi connectivity index (χ0v) is 11.3. The molecule has 3 N–H and O–H groups in total. The van der Waals surface area contributed by atoms with Gasteiger partial charge in [-0.15, -0.1) is 0 Å². The van der Waals surface area contributed by atoms with Gasteiger partial charge in [-0.1, -0.05) is 0 Å². The van der Waals surface area contributed by atoms with Gasteiger partial charge in [0, 0.05) is 6.54 Å². The second-order valence-electron chi connectivity index (χ2n) is 4.06. The van der Waals surface area contributed by atoms with Gasteiger partial charge in [0.15, 0.2) is 6.10 Å². The van der Waals surface area contributed by atoms with Crippen LogP contribution in [-0.2, 0) is 21.0 Å². The van der Waals surface area contributed by atoms with Crippen molar-refractivity contribution in [3.8, 4) is 0 Å². The van der Waals surface area contributed by atoms with Gasteiger partial charge in [-0.25, -0.2) is 17.9 Å². The molecule has 1 aromatic carbocycles. The molecule has 0 saturated carbocycles. The van der Waals surface area contributed by atoms with Crippen LogP contribution in [0.25, 0.3) is 0 Å². The average Bonchev–Trinajstić information content (AvgIpc) is 2.37. The molecule has 0 radical (unpaired) electrons. The summed E-state index contributed by atoms with van der Waals surface area (Å²) in [6, 6.07) is 2.83. The van der Waals surface area contributed by atoms with Crippen molar-refractivity contribution >= 4 is 16.0 Å². The Morgan fingerprint density at radius 1 is 1.24 bits per heavy atom. The third kappa shape index (κ3) is 4.99. The summed E-state index contributed by atoms with van der Waals surface area (Å²) in [6.07, 6.45) is -6.66.